The van der Waals surface area contributed by atoms with Crippen molar-refractivity contribution >= 4 is 33.2 Å². The van der Waals surface area contributed by atoms with Gasteiger partial charge in [0.05, 0.1) is 11.3 Å². The third-order valence-electron chi connectivity index (χ3n) is 3.32. The van der Waals surface area contributed by atoms with E-state index in [2.05, 4.69) is 26.2 Å². The molecule has 0 spiro atoms. The Morgan fingerprint density at radius 2 is 1.96 bits per heavy atom. The third kappa shape index (κ3) is 3.33. The Balaban J connectivity index is 1.91. The van der Waals surface area contributed by atoms with Gasteiger partial charge in [0.1, 0.15) is 5.69 Å². The molecule has 120 valence electrons. The number of nitrogens with one attached hydrogen (secondary N) is 1. The molecule has 0 aliphatic heterocycles. The Hall–Kier alpha value is -3.00. The van der Waals surface area contributed by atoms with Gasteiger partial charge < -0.3 is 9.88 Å². The van der Waals surface area contributed by atoms with E-state index in [0.29, 0.717) is 11.4 Å². The molecule has 24 heavy (non-hydrogen) atoms. The number of nitrogens with zero attached hydrogens (tertiary/aromatic N) is 3. The zero-order chi connectivity index (χ0) is 17.1. The molecule has 3 rings (SSSR count). The summed E-state index contributed by atoms with van der Waals surface area (Å²) in [5, 5.41) is 14.0. The van der Waals surface area contributed by atoms with E-state index in [0.717, 1.165) is 4.47 Å². The number of nitro groups is 1. The molecule has 0 saturated heterocycles. The number of halogens is 1. The van der Waals surface area contributed by atoms with E-state index in [9.17, 15) is 14.9 Å². The molecule has 0 fully saturated rings. The molecule has 2 aromatic carbocycles. The van der Waals surface area contributed by atoms with Crippen molar-refractivity contribution < 1.29 is 9.72 Å². The molecule has 0 saturated carbocycles. The second-order valence-corrected chi connectivity index (χ2v) is 5.81. The van der Waals surface area contributed by atoms with E-state index < -0.39 is 10.8 Å². The molecule has 0 aliphatic rings. The van der Waals surface area contributed by atoms with Crippen LogP contribution in [0.15, 0.2) is 65.7 Å². The minimum absolute atomic E-state index is 0.170. The molecular weight excluding hydrogens is 376 g/mol. The summed E-state index contributed by atoms with van der Waals surface area (Å²) >= 11 is 3.31. The highest BCUT2D eigenvalue weighted by Gasteiger charge is 2.18. The van der Waals surface area contributed by atoms with Gasteiger partial charge in [0, 0.05) is 34.2 Å². The van der Waals surface area contributed by atoms with Crippen molar-refractivity contribution in [3.63, 3.8) is 0 Å². The Labute approximate surface area is 145 Å². The van der Waals surface area contributed by atoms with Crippen LogP contribution in [0.3, 0.4) is 0 Å². The molecule has 0 atom stereocenters. The topological polar surface area (TPSA) is 90.1 Å². The highest BCUT2D eigenvalue weighted by molar-refractivity contribution is 9.10. The quantitative estimate of drug-likeness (QED) is 0.545. The second-order valence-electron chi connectivity index (χ2n) is 4.89. The highest BCUT2D eigenvalue weighted by Crippen LogP contribution is 2.25. The van der Waals surface area contributed by atoms with Gasteiger partial charge in [-0.25, -0.2) is 4.98 Å². The number of carbonyl (C=O) groups excluding carboxylic acids is 1. The number of hydrogen-bond acceptors (Lipinski definition) is 4. The number of anilines is 1. The van der Waals surface area contributed by atoms with Gasteiger partial charge in [-0.15, -0.1) is 0 Å². The first kappa shape index (κ1) is 15.9. The van der Waals surface area contributed by atoms with E-state index in [1.54, 1.807) is 30.5 Å². The first-order valence-electron chi connectivity index (χ1n) is 6.88. The first-order chi connectivity index (χ1) is 11.5. The summed E-state index contributed by atoms with van der Waals surface area (Å²) in [6.45, 7) is 0. The van der Waals surface area contributed by atoms with Crippen LogP contribution in [0, 0.1) is 10.1 Å². The Bertz CT molecular complexity index is 892. The zero-order valence-electron chi connectivity index (χ0n) is 12.2. The molecule has 8 heteroatoms. The van der Waals surface area contributed by atoms with Crippen LogP contribution in [0.5, 0.6) is 0 Å². The van der Waals surface area contributed by atoms with Gasteiger partial charge in [-0.2, -0.15) is 0 Å². The summed E-state index contributed by atoms with van der Waals surface area (Å²) < 4.78 is 2.41. The Morgan fingerprint density at radius 3 is 2.58 bits per heavy atom. The molecule has 0 aliphatic carbocycles. The van der Waals surface area contributed by atoms with Crippen molar-refractivity contribution in [1.82, 2.24) is 9.55 Å². The molecule has 0 unspecified atom stereocenters. The van der Waals surface area contributed by atoms with E-state index >= 15 is 0 Å². The lowest BCUT2D eigenvalue weighted by atomic mass is 10.1. The maximum Gasteiger partial charge on any atom is 0.294 e. The summed E-state index contributed by atoms with van der Waals surface area (Å²) in [6, 6.07) is 11.4. The SMILES string of the molecule is O=C(Nc1ccc(Br)cc1)c1ccc(-n2ccnc2)c([N+](=O)[O-])c1. The number of nitro benzene ring substituents is 1. The van der Waals surface area contributed by atoms with Gasteiger partial charge in [-0.1, -0.05) is 15.9 Å². The minimum atomic E-state index is -0.522. The fourth-order valence-electron chi connectivity index (χ4n) is 2.17. The Kier molecular flexibility index (Phi) is 4.39. The molecule has 1 amide bonds. The van der Waals surface area contributed by atoms with Crippen LogP contribution in [0.25, 0.3) is 5.69 Å². The number of amides is 1. The fourth-order valence-corrected chi connectivity index (χ4v) is 2.43. The molecule has 0 bridgehead atoms. The predicted octanol–water partition coefficient (Wildman–Crippen LogP) is 3.80. The lowest BCUT2D eigenvalue weighted by Gasteiger charge is -2.08. The minimum Gasteiger partial charge on any atom is -0.322 e. The van der Waals surface area contributed by atoms with Crippen molar-refractivity contribution in [2.75, 3.05) is 5.32 Å². The molecule has 1 N–H and O–H groups in total. The monoisotopic (exact) mass is 386 g/mol. The molecule has 3 aromatic rings. The van der Waals surface area contributed by atoms with Crippen LogP contribution in [0.4, 0.5) is 11.4 Å². The number of rotatable bonds is 4. The van der Waals surface area contributed by atoms with Gasteiger partial charge in [0.2, 0.25) is 0 Å². The lowest BCUT2D eigenvalue weighted by molar-refractivity contribution is -0.384. The third-order valence-corrected chi connectivity index (χ3v) is 3.85. The maximum absolute atomic E-state index is 12.3. The molecular formula is C16H11BrN4O3. The summed E-state index contributed by atoms with van der Waals surface area (Å²) in [5.41, 5.74) is 0.979. The van der Waals surface area contributed by atoms with Crippen molar-refractivity contribution in [3.05, 3.63) is 81.3 Å². The van der Waals surface area contributed by atoms with Gasteiger partial charge in [0.25, 0.3) is 11.6 Å². The van der Waals surface area contributed by atoms with Crippen LogP contribution in [-0.2, 0) is 0 Å². The summed E-state index contributed by atoms with van der Waals surface area (Å²) in [6.07, 6.45) is 4.59. The fraction of sp³-hybridized carbons (Fsp3) is 0. The summed E-state index contributed by atoms with van der Waals surface area (Å²) in [7, 11) is 0. The molecule has 1 heterocycles. The highest BCUT2D eigenvalue weighted by atomic mass is 79.9. The van der Waals surface area contributed by atoms with Crippen molar-refractivity contribution in [3.8, 4) is 5.69 Å². The number of benzene rings is 2. The average molecular weight is 387 g/mol. The van der Waals surface area contributed by atoms with Gasteiger partial charge >= 0.3 is 0 Å². The van der Waals surface area contributed by atoms with Gasteiger partial charge in [-0.05, 0) is 36.4 Å². The largest absolute Gasteiger partial charge is 0.322 e. The summed E-state index contributed by atoms with van der Waals surface area (Å²) in [4.78, 5) is 27.0. The van der Waals surface area contributed by atoms with Gasteiger partial charge in [-0.3, -0.25) is 14.9 Å². The van der Waals surface area contributed by atoms with Crippen LogP contribution < -0.4 is 5.32 Å². The normalized spacial score (nSPS) is 10.4. The number of carbonyl (C=O) groups is 1. The molecule has 0 radical (unpaired) electrons. The molecule has 7 nitrogen and oxygen atoms in total. The van der Waals surface area contributed by atoms with Crippen LogP contribution in [0.1, 0.15) is 10.4 Å². The van der Waals surface area contributed by atoms with Gasteiger partial charge in [0.15, 0.2) is 0 Å². The number of hydrogen-bond donors (Lipinski definition) is 1. The molecule has 1 aromatic heterocycles. The van der Waals surface area contributed by atoms with Crippen molar-refractivity contribution in [1.29, 1.82) is 0 Å². The van der Waals surface area contributed by atoms with Crippen LogP contribution in [0.2, 0.25) is 0 Å². The zero-order valence-corrected chi connectivity index (χ0v) is 13.8. The van der Waals surface area contributed by atoms with Crippen molar-refractivity contribution in [2.24, 2.45) is 0 Å². The maximum atomic E-state index is 12.3. The van der Waals surface area contributed by atoms with Crippen molar-refractivity contribution in [2.45, 2.75) is 0 Å². The summed E-state index contributed by atoms with van der Waals surface area (Å²) in [5.74, 6) is -0.419. The number of aromatic nitrogens is 2. The predicted molar refractivity (Wildman–Crippen MR) is 92.3 cm³/mol. The van der Waals surface area contributed by atoms with E-state index in [1.807, 2.05) is 0 Å². The average Bonchev–Trinajstić information content (AvgIpc) is 3.10. The van der Waals surface area contributed by atoms with Crippen LogP contribution >= 0.6 is 15.9 Å². The first-order valence-corrected chi connectivity index (χ1v) is 7.67. The van der Waals surface area contributed by atoms with Crippen LogP contribution in [-0.4, -0.2) is 20.4 Å². The smallest absolute Gasteiger partial charge is 0.294 e. The number of imidazole rings is 1. The standard InChI is InChI=1S/C16H11BrN4O3/c17-12-2-4-13(5-3-12)19-16(22)11-1-6-14(15(9-11)21(23)24)20-8-7-18-10-20/h1-10H,(H,19,22). The van der Waals surface area contributed by atoms with E-state index in [4.69, 9.17) is 0 Å². The lowest BCUT2D eigenvalue weighted by Crippen LogP contribution is -2.12. The van der Waals surface area contributed by atoms with E-state index in [1.165, 1.54) is 35.3 Å². The van der Waals surface area contributed by atoms with E-state index in [-0.39, 0.29) is 11.3 Å². The Morgan fingerprint density at radius 1 is 1.21 bits per heavy atom. The second kappa shape index (κ2) is 6.63.